The van der Waals surface area contributed by atoms with E-state index in [0.29, 0.717) is 5.11 Å². The van der Waals surface area contributed by atoms with Crippen LogP contribution in [0.25, 0.3) is 0 Å². The van der Waals surface area contributed by atoms with Gasteiger partial charge in [0.15, 0.2) is 5.11 Å². The van der Waals surface area contributed by atoms with E-state index in [1.54, 1.807) is 11.3 Å². The average Bonchev–Trinajstić information content (AvgIpc) is 3.39. The molecule has 0 unspecified atom stereocenters. The first-order valence-corrected chi connectivity index (χ1v) is 10.5. The second-order valence-electron chi connectivity index (χ2n) is 6.61. The van der Waals surface area contributed by atoms with E-state index < -0.39 is 0 Å². The molecule has 2 heterocycles. The van der Waals surface area contributed by atoms with Gasteiger partial charge in [-0.3, -0.25) is 0 Å². The number of thiocarbonyl (C=S) groups is 1. The molecule has 6 heteroatoms. The second-order valence-corrected chi connectivity index (χ2v) is 7.94. The van der Waals surface area contributed by atoms with Gasteiger partial charge in [0, 0.05) is 13.0 Å². The molecule has 0 fully saturated rings. The molecule has 0 saturated carbocycles. The van der Waals surface area contributed by atoms with Crippen molar-refractivity contribution in [3.8, 4) is 0 Å². The van der Waals surface area contributed by atoms with Crippen molar-refractivity contribution in [3.63, 3.8) is 0 Å². The highest BCUT2D eigenvalue weighted by Gasteiger charge is 2.31. The van der Waals surface area contributed by atoms with Crippen LogP contribution in [0.5, 0.6) is 0 Å². The van der Waals surface area contributed by atoms with Gasteiger partial charge in [-0.1, -0.05) is 48.5 Å². The minimum absolute atomic E-state index is 0.0329. The zero-order valence-electron chi connectivity index (χ0n) is 15.2. The molecule has 1 aromatic heterocycles. The van der Waals surface area contributed by atoms with Gasteiger partial charge in [0.05, 0.1) is 16.6 Å². The third kappa shape index (κ3) is 4.29. The van der Waals surface area contributed by atoms with Gasteiger partial charge in [0.2, 0.25) is 0 Å². The Hall–Kier alpha value is -2.57. The number of nitrogens with zero attached hydrogens (tertiary/aromatic N) is 2. The molecule has 0 saturated heterocycles. The molecule has 0 aliphatic carbocycles. The average molecular weight is 410 g/mol. The summed E-state index contributed by atoms with van der Waals surface area (Å²) in [6.07, 6.45) is 1.63. The lowest BCUT2D eigenvalue weighted by Crippen LogP contribution is -2.37. The van der Waals surface area contributed by atoms with Crippen LogP contribution in [-0.2, 0) is 6.42 Å². The molecule has 1 aliphatic heterocycles. The van der Waals surface area contributed by atoms with E-state index in [2.05, 4.69) is 23.5 Å². The van der Waals surface area contributed by atoms with E-state index in [4.69, 9.17) is 17.3 Å². The van der Waals surface area contributed by atoms with Gasteiger partial charge in [0.1, 0.15) is 5.82 Å². The standard InChI is InChI=1S/C22H20FN3S2/c23-18-10-8-17(9-11-18)20-15-19(21-7-4-14-28-21)25-26(20)22(27)24-13-12-16-5-2-1-3-6-16/h1-11,14,20H,12-13,15H2,(H,24,27)/t20-/m0/s1. The maximum atomic E-state index is 13.4. The van der Waals surface area contributed by atoms with E-state index in [9.17, 15) is 4.39 Å². The topological polar surface area (TPSA) is 27.6 Å². The van der Waals surface area contributed by atoms with E-state index >= 15 is 0 Å². The third-order valence-corrected chi connectivity index (χ3v) is 5.96. The van der Waals surface area contributed by atoms with Gasteiger partial charge >= 0.3 is 0 Å². The predicted molar refractivity (Wildman–Crippen MR) is 117 cm³/mol. The summed E-state index contributed by atoms with van der Waals surface area (Å²) in [6, 6.07) is 21.0. The van der Waals surface area contributed by atoms with Crippen LogP contribution in [0.4, 0.5) is 4.39 Å². The first-order valence-electron chi connectivity index (χ1n) is 9.18. The Labute approximate surface area is 173 Å². The van der Waals surface area contributed by atoms with Crippen molar-refractivity contribution in [2.45, 2.75) is 18.9 Å². The fraction of sp³-hybridized carbons (Fsp3) is 0.182. The molecule has 4 rings (SSSR count). The van der Waals surface area contributed by atoms with Crippen LogP contribution in [0.15, 0.2) is 77.2 Å². The monoisotopic (exact) mass is 409 g/mol. The summed E-state index contributed by atoms with van der Waals surface area (Å²) in [6.45, 7) is 0.735. The highest BCUT2D eigenvalue weighted by Crippen LogP contribution is 2.33. The lowest BCUT2D eigenvalue weighted by molar-refractivity contribution is 0.364. The predicted octanol–water partition coefficient (Wildman–Crippen LogP) is 5.16. The molecule has 2 aromatic carbocycles. The van der Waals surface area contributed by atoms with Crippen LogP contribution in [-0.4, -0.2) is 22.4 Å². The number of hydrogen-bond donors (Lipinski definition) is 1. The smallest absolute Gasteiger partial charge is 0.190 e. The van der Waals surface area contributed by atoms with Gasteiger partial charge in [-0.05, 0) is 53.3 Å². The van der Waals surface area contributed by atoms with Gasteiger partial charge in [0.25, 0.3) is 0 Å². The molecule has 142 valence electrons. The molecule has 0 radical (unpaired) electrons. The molecule has 1 atom stereocenters. The zero-order chi connectivity index (χ0) is 19.3. The van der Waals surface area contributed by atoms with Crippen molar-refractivity contribution in [3.05, 3.63) is 93.9 Å². The van der Waals surface area contributed by atoms with E-state index in [0.717, 1.165) is 35.5 Å². The van der Waals surface area contributed by atoms with Crippen LogP contribution in [0, 0.1) is 5.82 Å². The van der Waals surface area contributed by atoms with Crippen molar-refractivity contribution in [2.75, 3.05) is 6.54 Å². The van der Waals surface area contributed by atoms with Crippen LogP contribution in [0.1, 0.15) is 28.5 Å². The Morgan fingerprint density at radius 1 is 1.11 bits per heavy atom. The van der Waals surface area contributed by atoms with Crippen LogP contribution in [0.3, 0.4) is 0 Å². The molecule has 1 aliphatic rings. The molecular weight excluding hydrogens is 389 g/mol. The Morgan fingerprint density at radius 2 is 1.89 bits per heavy atom. The molecule has 0 amide bonds. The maximum Gasteiger partial charge on any atom is 0.190 e. The number of halogens is 1. The van der Waals surface area contributed by atoms with E-state index in [1.165, 1.54) is 17.7 Å². The van der Waals surface area contributed by atoms with E-state index in [1.807, 2.05) is 46.8 Å². The van der Waals surface area contributed by atoms with Crippen LogP contribution < -0.4 is 5.32 Å². The van der Waals surface area contributed by atoms with Crippen LogP contribution >= 0.6 is 23.6 Å². The lowest BCUT2D eigenvalue weighted by Gasteiger charge is -2.25. The Balaban J connectivity index is 1.49. The first kappa shape index (κ1) is 18.8. The number of hydrogen-bond acceptors (Lipinski definition) is 3. The van der Waals surface area contributed by atoms with Crippen molar-refractivity contribution < 1.29 is 4.39 Å². The summed E-state index contributed by atoms with van der Waals surface area (Å²) in [5.74, 6) is -0.240. The Kier molecular flexibility index (Phi) is 5.78. The molecule has 0 spiro atoms. The van der Waals surface area contributed by atoms with Gasteiger partial charge < -0.3 is 5.32 Å². The molecule has 28 heavy (non-hydrogen) atoms. The molecular formula is C22H20FN3S2. The van der Waals surface area contributed by atoms with Crippen molar-refractivity contribution >= 4 is 34.4 Å². The van der Waals surface area contributed by atoms with Crippen molar-refractivity contribution in [1.29, 1.82) is 0 Å². The van der Waals surface area contributed by atoms with Gasteiger partial charge in [-0.2, -0.15) is 5.10 Å². The summed E-state index contributed by atoms with van der Waals surface area (Å²) in [4.78, 5) is 1.14. The molecule has 1 N–H and O–H groups in total. The first-order chi connectivity index (χ1) is 13.7. The van der Waals surface area contributed by atoms with Crippen LogP contribution in [0.2, 0.25) is 0 Å². The van der Waals surface area contributed by atoms with E-state index in [-0.39, 0.29) is 11.9 Å². The summed E-state index contributed by atoms with van der Waals surface area (Å²) in [7, 11) is 0. The zero-order valence-corrected chi connectivity index (χ0v) is 16.8. The fourth-order valence-corrected chi connectivity index (χ4v) is 4.26. The molecule has 3 nitrogen and oxygen atoms in total. The fourth-order valence-electron chi connectivity index (χ4n) is 3.27. The lowest BCUT2D eigenvalue weighted by atomic mass is 10.0. The summed E-state index contributed by atoms with van der Waals surface area (Å²) < 4.78 is 13.4. The molecule has 0 bridgehead atoms. The highest BCUT2D eigenvalue weighted by atomic mass is 32.1. The maximum absolute atomic E-state index is 13.4. The Morgan fingerprint density at radius 3 is 2.61 bits per heavy atom. The number of hydrazone groups is 1. The summed E-state index contributed by atoms with van der Waals surface area (Å²) in [5.41, 5.74) is 3.28. The SMILES string of the molecule is Fc1ccc([C@@H]2CC(c3cccs3)=NN2C(=S)NCCc2ccccc2)cc1. The van der Waals surface area contributed by atoms with Gasteiger partial charge in [-0.15, -0.1) is 11.3 Å². The number of thiophene rings is 1. The number of nitrogens with one attached hydrogen (secondary N) is 1. The largest absolute Gasteiger partial charge is 0.361 e. The number of benzene rings is 2. The van der Waals surface area contributed by atoms with Crippen molar-refractivity contribution in [2.24, 2.45) is 5.10 Å². The highest BCUT2D eigenvalue weighted by molar-refractivity contribution is 7.80. The Bertz CT molecular complexity index is 953. The number of rotatable bonds is 5. The third-order valence-electron chi connectivity index (χ3n) is 4.71. The quantitative estimate of drug-likeness (QED) is 0.590. The minimum atomic E-state index is -0.240. The summed E-state index contributed by atoms with van der Waals surface area (Å²) in [5, 5.41) is 12.6. The minimum Gasteiger partial charge on any atom is -0.361 e. The molecule has 3 aromatic rings. The second kappa shape index (κ2) is 8.63. The van der Waals surface area contributed by atoms with Gasteiger partial charge in [-0.25, -0.2) is 9.40 Å². The summed E-state index contributed by atoms with van der Waals surface area (Å²) >= 11 is 7.32. The normalized spacial score (nSPS) is 16.1. The van der Waals surface area contributed by atoms with Crippen molar-refractivity contribution in [1.82, 2.24) is 10.3 Å².